The Morgan fingerprint density at radius 3 is 2.84 bits per heavy atom. The smallest absolute Gasteiger partial charge is 0.253 e. The molecular formula is C23H18F2N4O2. The van der Waals surface area contributed by atoms with Gasteiger partial charge in [-0.1, -0.05) is 0 Å². The average Bonchev–Trinajstić information content (AvgIpc) is 3.25. The third-order valence-electron chi connectivity index (χ3n) is 5.40. The molecule has 2 atom stereocenters. The summed E-state index contributed by atoms with van der Waals surface area (Å²) >= 11 is 0. The molecule has 0 saturated carbocycles. The summed E-state index contributed by atoms with van der Waals surface area (Å²) in [6.45, 7) is 1.82. The van der Waals surface area contributed by atoms with Gasteiger partial charge < -0.3 is 15.0 Å². The monoisotopic (exact) mass is 420 g/mol. The maximum Gasteiger partial charge on any atom is 0.253 e. The average molecular weight is 420 g/mol. The molecule has 0 fully saturated rings. The van der Waals surface area contributed by atoms with Crippen LogP contribution in [0.15, 0.2) is 55.0 Å². The number of aromatic nitrogens is 3. The number of H-pyrrole nitrogens is 1. The van der Waals surface area contributed by atoms with Gasteiger partial charge in [0.05, 0.1) is 29.0 Å². The first-order chi connectivity index (χ1) is 15.0. The van der Waals surface area contributed by atoms with Crippen LogP contribution in [-0.4, -0.2) is 27.0 Å². The first-order valence-corrected chi connectivity index (χ1v) is 9.85. The minimum atomic E-state index is -1.00. The molecule has 2 unspecified atom stereocenters. The first kappa shape index (κ1) is 19.2. The van der Waals surface area contributed by atoms with E-state index in [0.717, 1.165) is 22.7 Å². The Kier molecular flexibility index (Phi) is 4.62. The Morgan fingerprint density at radius 2 is 2.03 bits per heavy atom. The van der Waals surface area contributed by atoms with E-state index in [1.165, 1.54) is 12.3 Å². The molecule has 1 aromatic carbocycles. The number of carbonyl (C=O) groups excluding carboxylic acids is 1. The van der Waals surface area contributed by atoms with Gasteiger partial charge >= 0.3 is 0 Å². The first-order valence-electron chi connectivity index (χ1n) is 9.85. The second-order valence-electron chi connectivity index (χ2n) is 7.49. The quantitative estimate of drug-likeness (QED) is 0.510. The molecule has 0 saturated heterocycles. The highest BCUT2D eigenvalue weighted by Gasteiger charge is 2.31. The van der Waals surface area contributed by atoms with Crippen LogP contribution in [0.3, 0.4) is 0 Å². The van der Waals surface area contributed by atoms with Gasteiger partial charge in [0.15, 0.2) is 11.6 Å². The molecule has 4 heterocycles. The molecule has 4 aromatic rings. The zero-order chi connectivity index (χ0) is 21.5. The third-order valence-corrected chi connectivity index (χ3v) is 5.40. The molecule has 156 valence electrons. The number of halogens is 2. The van der Waals surface area contributed by atoms with E-state index in [2.05, 4.69) is 20.3 Å². The van der Waals surface area contributed by atoms with Crippen molar-refractivity contribution in [3.8, 4) is 17.0 Å². The molecule has 3 aromatic heterocycles. The van der Waals surface area contributed by atoms with E-state index >= 15 is 0 Å². The summed E-state index contributed by atoms with van der Waals surface area (Å²) in [5.41, 5.74) is 2.69. The summed E-state index contributed by atoms with van der Waals surface area (Å²) in [7, 11) is 0. The van der Waals surface area contributed by atoms with Gasteiger partial charge in [0.1, 0.15) is 11.4 Å². The molecule has 0 spiro atoms. The lowest BCUT2D eigenvalue weighted by atomic mass is 9.96. The molecule has 2 N–H and O–H groups in total. The molecule has 31 heavy (non-hydrogen) atoms. The predicted molar refractivity (Wildman–Crippen MR) is 111 cm³/mol. The van der Waals surface area contributed by atoms with E-state index < -0.39 is 23.6 Å². The Balaban J connectivity index is 1.41. The summed E-state index contributed by atoms with van der Waals surface area (Å²) < 4.78 is 33.8. The summed E-state index contributed by atoms with van der Waals surface area (Å²) in [6, 6.07) is 8.87. The number of hydrogen-bond donors (Lipinski definition) is 2. The van der Waals surface area contributed by atoms with Gasteiger partial charge in [-0.2, -0.15) is 0 Å². The number of ether oxygens (including phenoxy) is 1. The maximum absolute atomic E-state index is 14.4. The summed E-state index contributed by atoms with van der Waals surface area (Å²) in [5, 5.41) is 3.72. The SMILES string of the molecule is CC1CC(NC(=O)c2ccc(-c3ccnc4[nH]ccc34)nc2)c2c(ccc(F)c2F)O1. The van der Waals surface area contributed by atoms with Crippen LogP contribution in [-0.2, 0) is 0 Å². The number of fused-ring (bicyclic) bond motifs is 2. The summed E-state index contributed by atoms with van der Waals surface area (Å²) in [6.07, 6.45) is 5.03. The third kappa shape index (κ3) is 3.39. The van der Waals surface area contributed by atoms with Crippen LogP contribution < -0.4 is 10.1 Å². The van der Waals surface area contributed by atoms with Gasteiger partial charge in [-0.3, -0.25) is 9.78 Å². The van der Waals surface area contributed by atoms with Crippen LogP contribution in [0.2, 0.25) is 0 Å². The Hall–Kier alpha value is -3.81. The van der Waals surface area contributed by atoms with Crippen molar-refractivity contribution >= 4 is 16.9 Å². The lowest BCUT2D eigenvalue weighted by Crippen LogP contribution is -2.36. The van der Waals surface area contributed by atoms with Crippen molar-refractivity contribution in [1.82, 2.24) is 20.3 Å². The highest BCUT2D eigenvalue weighted by Crippen LogP contribution is 2.37. The maximum atomic E-state index is 14.4. The number of carbonyl (C=O) groups is 1. The largest absolute Gasteiger partial charge is 0.490 e. The van der Waals surface area contributed by atoms with Crippen LogP contribution in [0.1, 0.15) is 35.3 Å². The van der Waals surface area contributed by atoms with Crippen LogP contribution >= 0.6 is 0 Å². The Bertz CT molecular complexity index is 1290. The van der Waals surface area contributed by atoms with Crippen molar-refractivity contribution in [3.05, 3.63) is 77.8 Å². The number of aromatic amines is 1. The van der Waals surface area contributed by atoms with Gasteiger partial charge in [0.25, 0.3) is 5.91 Å². The van der Waals surface area contributed by atoms with Crippen LogP contribution in [0.4, 0.5) is 8.78 Å². The number of benzene rings is 1. The lowest BCUT2D eigenvalue weighted by Gasteiger charge is -2.31. The standard InChI is InChI=1S/C23H18F2N4O2/c1-12-10-18(20-19(31-12)5-3-16(24)21(20)25)29-23(30)13-2-4-17(28-11-13)14-6-8-26-22-15(14)7-9-27-22/h2-9,11-12,18H,10H2,1H3,(H,26,27)(H,29,30). The van der Waals surface area contributed by atoms with Crippen LogP contribution in [0.5, 0.6) is 5.75 Å². The van der Waals surface area contributed by atoms with E-state index in [-0.39, 0.29) is 17.4 Å². The lowest BCUT2D eigenvalue weighted by molar-refractivity contribution is 0.0903. The summed E-state index contributed by atoms with van der Waals surface area (Å²) in [5.74, 6) is -2.16. The number of pyridine rings is 2. The van der Waals surface area contributed by atoms with Gasteiger partial charge in [0.2, 0.25) is 0 Å². The highest BCUT2D eigenvalue weighted by molar-refractivity contribution is 5.95. The van der Waals surface area contributed by atoms with Gasteiger partial charge in [-0.25, -0.2) is 13.8 Å². The van der Waals surface area contributed by atoms with E-state index in [4.69, 9.17) is 4.74 Å². The molecule has 0 bridgehead atoms. The van der Waals surface area contributed by atoms with Gasteiger partial charge in [-0.15, -0.1) is 0 Å². The van der Waals surface area contributed by atoms with Crippen molar-refractivity contribution in [2.45, 2.75) is 25.5 Å². The minimum absolute atomic E-state index is 0.0302. The molecule has 1 aliphatic heterocycles. The zero-order valence-electron chi connectivity index (χ0n) is 16.5. The minimum Gasteiger partial charge on any atom is -0.490 e. The van der Waals surface area contributed by atoms with E-state index in [1.807, 2.05) is 19.1 Å². The molecule has 6 nitrogen and oxygen atoms in total. The number of amides is 1. The number of nitrogens with zero attached hydrogens (tertiary/aromatic N) is 2. The van der Waals surface area contributed by atoms with E-state index in [1.54, 1.807) is 24.5 Å². The molecule has 1 aliphatic rings. The number of rotatable bonds is 3. The van der Waals surface area contributed by atoms with Crippen molar-refractivity contribution in [1.29, 1.82) is 0 Å². The molecule has 0 radical (unpaired) electrons. The molecule has 8 heteroatoms. The van der Waals surface area contributed by atoms with Crippen LogP contribution in [0, 0.1) is 11.6 Å². The van der Waals surface area contributed by atoms with Crippen molar-refractivity contribution in [2.75, 3.05) is 0 Å². The Labute approximate surface area is 176 Å². The van der Waals surface area contributed by atoms with Crippen molar-refractivity contribution in [2.24, 2.45) is 0 Å². The van der Waals surface area contributed by atoms with Crippen molar-refractivity contribution < 1.29 is 18.3 Å². The van der Waals surface area contributed by atoms with Crippen molar-refractivity contribution in [3.63, 3.8) is 0 Å². The molecule has 5 rings (SSSR count). The topological polar surface area (TPSA) is 79.9 Å². The fourth-order valence-electron chi connectivity index (χ4n) is 3.94. The molecular weight excluding hydrogens is 402 g/mol. The van der Waals surface area contributed by atoms with E-state index in [9.17, 15) is 13.6 Å². The highest BCUT2D eigenvalue weighted by atomic mass is 19.2. The van der Waals surface area contributed by atoms with E-state index in [0.29, 0.717) is 17.7 Å². The zero-order valence-corrected chi connectivity index (χ0v) is 16.5. The normalized spacial score (nSPS) is 17.8. The Morgan fingerprint density at radius 1 is 1.16 bits per heavy atom. The second-order valence-corrected chi connectivity index (χ2v) is 7.49. The van der Waals surface area contributed by atoms with Crippen LogP contribution in [0.25, 0.3) is 22.3 Å². The van der Waals surface area contributed by atoms with Gasteiger partial charge in [0, 0.05) is 36.0 Å². The number of nitrogens with one attached hydrogen (secondary N) is 2. The fraction of sp³-hybridized carbons (Fsp3) is 0.174. The second kappa shape index (κ2) is 7.46. The van der Waals surface area contributed by atoms with Gasteiger partial charge in [-0.05, 0) is 43.3 Å². The number of hydrogen-bond acceptors (Lipinski definition) is 4. The molecule has 1 amide bonds. The summed E-state index contributed by atoms with van der Waals surface area (Å²) in [4.78, 5) is 24.6. The fourth-order valence-corrected chi connectivity index (χ4v) is 3.94. The molecule has 0 aliphatic carbocycles. The predicted octanol–water partition coefficient (Wildman–Crippen LogP) is 4.55.